The Labute approximate surface area is 200 Å². The average molecular weight is 483 g/mol. The molecule has 2 aromatic carbocycles. The van der Waals surface area contributed by atoms with Crippen LogP contribution in [-0.4, -0.2) is 74.0 Å². The fourth-order valence-electron chi connectivity index (χ4n) is 4.60. The van der Waals surface area contributed by atoms with Crippen LogP contribution in [0.5, 0.6) is 0 Å². The summed E-state index contributed by atoms with van der Waals surface area (Å²) in [6.45, 7) is 3.65. The van der Waals surface area contributed by atoms with Crippen molar-refractivity contribution in [1.29, 1.82) is 0 Å². The van der Waals surface area contributed by atoms with E-state index in [9.17, 15) is 8.42 Å². The van der Waals surface area contributed by atoms with Crippen LogP contribution in [0.15, 0.2) is 47.4 Å². The van der Waals surface area contributed by atoms with Gasteiger partial charge in [0.2, 0.25) is 16.0 Å². The molecule has 2 fully saturated rings. The van der Waals surface area contributed by atoms with Crippen LogP contribution >= 0.6 is 0 Å². The van der Waals surface area contributed by atoms with Crippen LogP contribution in [0.25, 0.3) is 10.9 Å². The first-order valence-corrected chi connectivity index (χ1v) is 13.0. The highest BCUT2D eigenvalue weighted by Gasteiger charge is 2.26. The molecule has 0 unspecified atom stereocenters. The van der Waals surface area contributed by atoms with Crippen LogP contribution in [-0.2, 0) is 14.8 Å². The summed E-state index contributed by atoms with van der Waals surface area (Å²) in [5.41, 5.74) is 9.25. The Morgan fingerprint density at radius 1 is 1.00 bits per heavy atom. The third-order valence-corrected chi connectivity index (χ3v) is 8.49. The maximum atomic E-state index is 12.9. The van der Waals surface area contributed by atoms with Crippen molar-refractivity contribution in [3.05, 3.63) is 48.2 Å². The van der Waals surface area contributed by atoms with Gasteiger partial charge in [0.05, 0.1) is 29.3 Å². The lowest BCUT2D eigenvalue weighted by Gasteiger charge is -2.29. The molecule has 0 saturated carbocycles. The molecule has 0 spiro atoms. The van der Waals surface area contributed by atoms with E-state index < -0.39 is 10.0 Å². The normalized spacial score (nSPS) is 18.9. The van der Waals surface area contributed by atoms with Crippen molar-refractivity contribution >= 4 is 38.2 Å². The second-order valence-corrected chi connectivity index (χ2v) is 10.9. The van der Waals surface area contributed by atoms with Crippen LogP contribution in [0, 0.1) is 0 Å². The first kappa shape index (κ1) is 23.0. The van der Waals surface area contributed by atoms with Crippen molar-refractivity contribution in [2.24, 2.45) is 0 Å². The van der Waals surface area contributed by atoms with Crippen molar-refractivity contribution in [3.63, 3.8) is 0 Å². The number of rotatable bonds is 5. The number of ether oxygens (including phenoxy) is 1. The molecule has 0 radical (unpaired) electrons. The molecular formula is C24H30N6O3S. The number of anilines is 3. The molecule has 9 nitrogen and oxygen atoms in total. The van der Waals surface area contributed by atoms with Gasteiger partial charge in [-0.3, -0.25) is 0 Å². The Bertz CT molecular complexity index is 1270. The Morgan fingerprint density at radius 3 is 2.41 bits per heavy atom. The number of nitrogens with zero attached hydrogens (tertiary/aromatic N) is 4. The molecule has 0 amide bonds. The molecule has 10 heteroatoms. The minimum atomic E-state index is -3.53. The van der Waals surface area contributed by atoms with E-state index in [1.165, 1.54) is 4.31 Å². The molecule has 5 rings (SSSR count). The summed E-state index contributed by atoms with van der Waals surface area (Å²) >= 11 is 0. The Kier molecular flexibility index (Phi) is 6.39. The van der Waals surface area contributed by atoms with E-state index in [4.69, 9.17) is 20.4 Å². The molecule has 2 aliphatic rings. The zero-order valence-corrected chi connectivity index (χ0v) is 20.1. The lowest BCUT2D eigenvalue weighted by atomic mass is 9.91. The smallest absolute Gasteiger partial charge is 0.243 e. The average Bonchev–Trinajstić information content (AvgIpc) is 2.85. The topological polar surface area (TPSA) is 114 Å². The van der Waals surface area contributed by atoms with Crippen molar-refractivity contribution in [1.82, 2.24) is 19.2 Å². The Hall–Kier alpha value is -2.79. The number of benzene rings is 2. The van der Waals surface area contributed by atoms with Crippen LogP contribution in [0.3, 0.4) is 0 Å². The molecule has 0 atom stereocenters. The van der Waals surface area contributed by atoms with Gasteiger partial charge in [-0.05, 0) is 75.4 Å². The van der Waals surface area contributed by atoms with Gasteiger partial charge < -0.3 is 20.7 Å². The quantitative estimate of drug-likeness (QED) is 0.534. The van der Waals surface area contributed by atoms with Gasteiger partial charge in [0.1, 0.15) is 0 Å². The number of nitrogens with one attached hydrogen (secondary N) is 1. The molecule has 2 aliphatic heterocycles. The van der Waals surface area contributed by atoms with E-state index in [1.807, 2.05) is 18.2 Å². The molecule has 2 saturated heterocycles. The molecular weight excluding hydrogens is 452 g/mol. The Morgan fingerprint density at radius 2 is 1.71 bits per heavy atom. The van der Waals surface area contributed by atoms with Gasteiger partial charge in [-0.15, -0.1) is 0 Å². The molecule has 3 heterocycles. The van der Waals surface area contributed by atoms with E-state index >= 15 is 0 Å². The summed E-state index contributed by atoms with van der Waals surface area (Å²) in [6, 6.07) is 12.5. The summed E-state index contributed by atoms with van der Waals surface area (Å²) in [4.78, 5) is 12.2. The fraction of sp³-hybridized carbons (Fsp3) is 0.417. The monoisotopic (exact) mass is 482 g/mol. The molecule has 3 N–H and O–H groups in total. The van der Waals surface area contributed by atoms with Gasteiger partial charge in [0.25, 0.3) is 0 Å². The molecule has 0 aliphatic carbocycles. The highest BCUT2D eigenvalue weighted by atomic mass is 32.2. The van der Waals surface area contributed by atoms with Gasteiger partial charge in [0.15, 0.2) is 0 Å². The van der Waals surface area contributed by atoms with Crippen LogP contribution < -0.4 is 11.1 Å². The predicted octanol–water partition coefficient (Wildman–Crippen LogP) is 2.79. The first-order chi connectivity index (χ1) is 16.4. The summed E-state index contributed by atoms with van der Waals surface area (Å²) in [5, 5.41) is 4.29. The molecule has 34 heavy (non-hydrogen) atoms. The van der Waals surface area contributed by atoms with Gasteiger partial charge in [0, 0.05) is 35.8 Å². The number of nitrogens with two attached hydrogens (primary N) is 1. The molecule has 1 aromatic heterocycles. The lowest BCUT2D eigenvalue weighted by Crippen LogP contribution is -2.40. The highest BCUT2D eigenvalue weighted by molar-refractivity contribution is 7.89. The molecule has 0 bridgehead atoms. The molecule has 180 valence electrons. The van der Waals surface area contributed by atoms with Gasteiger partial charge in [-0.2, -0.15) is 4.31 Å². The fourth-order valence-corrected chi connectivity index (χ4v) is 6.00. The predicted molar refractivity (Wildman–Crippen MR) is 133 cm³/mol. The zero-order chi connectivity index (χ0) is 23.7. The third kappa shape index (κ3) is 4.72. The number of nitrogen functional groups attached to an aromatic ring is 1. The minimum absolute atomic E-state index is 0.263. The standard InChI is InChI=1S/C24H30N6O3S/c1-29-10-8-17(9-11-29)23-21-7-2-18(25)16-22(21)27-24(28-23)26-19-3-5-20(6-4-19)34(31,32)30-12-14-33-15-13-30/h2-7,16-17H,8-15,25H2,1H3,(H,26,27,28). The van der Waals surface area contributed by atoms with E-state index in [0.717, 1.165) is 48.2 Å². The summed E-state index contributed by atoms with van der Waals surface area (Å²) in [7, 11) is -1.39. The minimum Gasteiger partial charge on any atom is -0.399 e. The number of fused-ring (bicyclic) bond motifs is 1. The summed E-state index contributed by atoms with van der Waals surface area (Å²) < 4.78 is 32.5. The van der Waals surface area contributed by atoms with Crippen molar-refractivity contribution in [2.75, 3.05) is 57.5 Å². The van der Waals surface area contributed by atoms with Crippen molar-refractivity contribution in [2.45, 2.75) is 23.7 Å². The van der Waals surface area contributed by atoms with E-state index in [0.29, 0.717) is 43.9 Å². The second-order valence-electron chi connectivity index (χ2n) is 8.95. The number of piperidine rings is 1. The highest BCUT2D eigenvalue weighted by Crippen LogP contribution is 2.33. The van der Waals surface area contributed by atoms with Gasteiger partial charge in [-0.25, -0.2) is 18.4 Å². The number of sulfonamides is 1. The third-order valence-electron chi connectivity index (χ3n) is 6.57. The number of hydrogen-bond donors (Lipinski definition) is 2. The number of hydrogen-bond acceptors (Lipinski definition) is 8. The maximum Gasteiger partial charge on any atom is 0.243 e. The van der Waals surface area contributed by atoms with E-state index in [-0.39, 0.29) is 4.90 Å². The van der Waals surface area contributed by atoms with Gasteiger partial charge in [-0.1, -0.05) is 0 Å². The van der Waals surface area contributed by atoms with E-state index in [1.54, 1.807) is 24.3 Å². The van der Waals surface area contributed by atoms with Crippen LogP contribution in [0.1, 0.15) is 24.5 Å². The summed E-state index contributed by atoms with van der Waals surface area (Å²) in [5.74, 6) is 0.836. The molecule has 3 aromatic rings. The van der Waals surface area contributed by atoms with Crippen molar-refractivity contribution < 1.29 is 13.2 Å². The number of morpholine rings is 1. The SMILES string of the molecule is CN1CCC(c2nc(Nc3ccc(S(=O)(=O)N4CCOCC4)cc3)nc3cc(N)ccc23)CC1. The number of aromatic nitrogens is 2. The van der Waals surface area contributed by atoms with Gasteiger partial charge >= 0.3 is 0 Å². The largest absolute Gasteiger partial charge is 0.399 e. The van der Waals surface area contributed by atoms with E-state index in [2.05, 4.69) is 17.3 Å². The van der Waals surface area contributed by atoms with Crippen LogP contribution in [0.4, 0.5) is 17.3 Å². The summed E-state index contributed by atoms with van der Waals surface area (Å²) in [6.07, 6.45) is 2.08. The van der Waals surface area contributed by atoms with Crippen molar-refractivity contribution in [3.8, 4) is 0 Å². The lowest BCUT2D eigenvalue weighted by molar-refractivity contribution is 0.0730. The Balaban J connectivity index is 1.42. The van der Waals surface area contributed by atoms with Crippen LogP contribution in [0.2, 0.25) is 0 Å². The zero-order valence-electron chi connectivity index (χ0n) is 19.3. The second kappa shape index (κ2) is 9.46. The first-order valence-electron chi connectivity index (χ1n) is 11.6. The number of likely N-dealkylation sites (tertiary alicyclic amines) is 1. The maximum absolute atomic E-state index is 12.9.